The van der Waals surface area contributed by atoms with Gasteiger partial charge in [0.1, 0.15) is 11.6 Å². The normalized spacial score (nSPS) is 19.9. The molecule has 0 spiro atoms. The molecule has 0 radical (unpaired) electrons. The number of piperidine rings is 1. The third-order valence-corrected chi connectivity index (χ3v) is 3.08. The molecule has 17 heavy (non-hydrogen) atoms. The fraction of sp³-hybridized carbons (Fsp3) is 0.417. The molecule has 92 valence electrons. The fourth-order valence-electron chi connectivity index (χ4n) is 2.01. The molecule has 2 rings (SSSR count). The highest BCUT2D eigenvalue weighted by atomic mass is 19.1. The van der Waals surface area contributed by atoms with Crippen LogP contribution in [0.5, 0.6) is 0 Å². The van der Waals surface area contributed by atoms with Crippen molar-refractivity contribution in [3.05, 3.63) is 29.8 Å². The van der Waals surface area contributed by atoms with Gasteiger partial charge in [0, 0.05) is 32.1 Å². The Balaban J connectivity index is 2.13. The second-order valence-corrected chi connectivity index (χ2v) is 4.20. The van der Waals surface area contributed by atoms with E-state index in [1.807, 2.05) is 0 Å². The third kappa shape index (κ3) is 2.54. The number of amides is 1. The summed E-state index contributed by atoms with van der Waals surface area (Å²) >= 11 is 0. The quantitative estimate of drug-likeness (QED) is 0.853. The lowest BCUT2D eigenvalue weighted by Crippen LogP contribution is -2.46. The van der Waals surface area contributed by atoms with E-state index in [9.17, 15) is 13.6 Å². The Hall–Kier alpha value is -1.65. The number of rotatable bonds is 2. The number of nitrogens with zero attached hydrogens (tertiary/aromatic N) is 1. The first-order chi connectivity index (χ1) is 8.08. The Labute approximate surface area is 98.4 Å². The van der Waals surface area contributed by atoms with Crippen molar-refractivity contribution >= 4 is 11.6 Å². The largest absolute Gasteiger partial charge is 0.367 e. The molecule has 1 N–H and O–H groups in total. The number of carbonyl (C=O) groups is 1. The molecular weight excluding hydrogens is 226 g/mol. The van der Waals surface area contributed by atoms with E-state index in [1.165, 1.54) is 12.1 Å². The van der Waals surface area contributed by atoms with Gasteiger partial charge in [-0.3, -0.25) is 4.79 Å². The lowest BCUT2D eigenvalue weighted by atomic mass is 10.1. The van der Waals surface area contributed by atoms with Crippen molar-refractivity contribution < 1.29 is 13.6 Å². The summed E-state index contributed by atoms with van der Waals surface area (Å²) in [5, 5.41) is 2.74. The van der Waals surface area contributed by atoms with Gasteiger partial charge >= 0.3 is 0 Å². The van der Waals surface area contributed by atoms with Gasteiger partial charge in [-0.1, -0.05) is 0 Å². The van der Waals surface area contributed by atoms with Crippen molar-refractivity contribution in [3.8, 4) is 0 Å². The molecule has 5 heteroatoms. The number of halogens is 2. The van der Waals surface area contributed by atoms with Crippen molar-refractivity contribution in [2.24, 2.45) is 0 Å². The van der Waals surface area contributed by atoms with Crippen LogP contribution in [0.4, 0.5) is 14.5 Å². The van der Waals surface area contributed by atoms with Crippen LogP contribution < -0.4 is 10.2 Å². The summed E-state index contributed by atoms with van der Waals surface area (Å²) in [7, 11) is 1.75. The fourth-order valence-corrected chi connectivity index (χ4v) is 2.01. The lowest BCUT2D eigenvalue weighted by Gasteiger charge is -2.33. The smallest absolute Gasteiger partial charge is 0.220 e. The number of anilines is 1. The second-order valence-electron chi connectivity index (χ2n) is 4.20. The number of nitrogens with one attached hydrogen (secondary N) is 1. The summed E-state index contributed by atoms with van der Waals surface area (Å²) in [5.74, 6) is -1.14. The monoisotopic (exact) mass is 240 g/mol. The molecule has 0 aromatic heterocycles. The number of hydrogen-bond donors (Lipinski definition) is 1. The SMILES string of the molecule is CN(c1ccc(F)cc1F)C1CCC(=O)NC1. The van der Waals surface area contributed by atoms with E-state index in [1.54, 1.807) is 11.9 Å². The van der Waals surface area contributed by atoms with Crippen LogP contribution >= 0.6 is 0 Å². The van der Waals surface area contributed by atoms with Gasteiger partial charge in [0.2, 0.25) is 5.91 Å². The molecule has 1 aromatic carbocycles. The molecule has 1 heterocycles. The molecule has 0 saturated carbocycles. The van der Waals surface area contributed by atoms with Crippen LogP contribution in [0.3, 0.4) is 0 Å². The first-order valence-corrected chi connectivity index (χ1v) is 5.52. The predicted molar refractivity (Wildman–Crippen MR) is 60.8 cm³/mol. The third-order valence-electron chi connectivity index (χ3n) is 3.08. The minimum absolute atomic E-state index is 0.0224. The van der Waals surface area contributed by atoms with Crippen LogP contribution in [0, 0.1) is 11.6 Å². The van der Waals surface area contributed by atoms with E-state index >= 15 is 0 Å². The summed E-state index contributed by atoms with van der Waals surface area (Å²) in [5.41, 5.74) is 0.354. The zero-order chi connectivity index (χ0) is 12.4. The van der Waals surface area contributed by atoms with Crippen molar-refractivity contribution in [1.82, 2.24) is 5.32 Å². The van der Waals surface area contributed by atoms with E-state index in [0.29, 0.717) is 25.1 Å². The first-order valence-electron chi connectivity index (χ1n) is 5.52. The zero-order valence-electron chi connectivity index (χ0n) is 9.54. The molecule has 1 fully saturated rings. The van der Waals surface area contributed by atoms with E-state index in [2.05, 4.69) is 5.32 Å². The van der Waals surface area contributed by atoms with Gasteiger partial charge in [0.05, 0.1) is 5.69 Å². The first kappa shape index (κ1) is 11.8. The highest BCUT2D eigenvalue weighted by molar-refractivity contribution is 5.77. The van der Waals surface area contributed by atoms with Crippen molar-refractivity contribution in [1.29, 1.82) is 0 Å². The molecule has 1 aliphatic heterocycles. The average Bonchev–Trinajstić information content (AvgIpc) is 2.29. The van der Waals surface area contributed by atoms with E-state index in [0.717, 1.165) is 6.07 Å². The van der Waals surface area contributed by atoms with E-state index < -0.39 is 11.6 Å². The van der Waals surface area contributed by atoms with Crippen LogP contribution in [-0.4, -0.2) is 25.5 Å². The Morgan fingerprint density at radius 2 is 2.18 bits per heavy atom. The Bertz CT molecular complexity index is 427. The topological polar surface area (TPSA) is 32.3 Å². The van der Waals surface area contributed by atoms with Crippen LogP contribution in [0.2, 0.25) is 0 Å². The number of benzene rings is 1. The van der Waals surface area contributed by atoms with Gasteiger partial charge in [-0.25, -0.2) is 8.78 Å². The average molecular weight is 240 g/mol. The molecule has 1 saturated heterocycles. The summed E-state index contributed by atoms with van der Waals surface area (Å²) in [6, 6.07) is 3.57. The maximum atomic E-state index is 13.6. The zero-order valence-corrected chi connectivity index (χ0v) is 9.54. The van der Waals surface area contributed by atoms with Crippen molar-refractivity contribution in [2.45, 2.75) is 18.9 Å². The minimum atomic E-state index is -0.586. The highest BCUT2D eigenvalue weighted by Gasteiger charge is 2.23. The van der Waals surface area contributed by atoms with Crippen LogP contribution in [0.1, 0.15) is 12.8 Å². The Morgan fingerprint density at radius 1 is 1.41 bits per heavy atom. The van der Waals surface area contributed by atoms with Crippen LogP contribution in [0.15, 0.2) is 18.2 Å². The number of hydrogen-bond acceptors (Lipinski definition) is 2. The van der Waals surface area contributed by atoms with Crippen molar-refractivity contribution in [3.63, 3.8) is 0 Å². The second kappa shape index (κ2) is 4.69. The Morgan fingerprint density at radius 3 is 2.76 bits per heavy atom. The predicted octanol–water partition coefficient (Wildman–Crippen LogP) is 1.68. The molecule has 1 amide bonds. The molecule has 1 atom stereocenters. The summed E-state index contributed by atoms with van der Waals surface area (Å²) in [6.07, 6.45) is 1.12. The number of likely N-dealkylation sites (N-methyl/N-ethyl adjacent to an activating group) is 1. The maximum absolute atomic E-state index is 13.6. The Kier molecular flexibility index (Phi) is 3.26. The van der Waals surface area contributed by atoms with Gasteiger partial charge < -0.3 is 10.2 Å². The van der Waals surface area contributed by atoms with Gasteiger partial charge in [-0.15, -0.1) is 0 Å². The highest BCUT2D eigenvalue weighted by Crippen LogP contribution is 2.23. The molecule has 0 bridgehead atoms. The standard InChI is InChI=1S/C12H14F2N2O/c1-16(9-3-5-12(17)15-7-9)11-4-2-8(13)6-10(11)14/h2,4,6,9H,3,5,7H2,1H3,(H,15,17). The van der Waals surface area contributed by atoms with Gasteiger partial charge in [-0.05, 0) is 18.6 Å². The van der Waals surface area contributed by atoms with Crippen LogP contribution in [-0.2, 0) is 4.79 Å². The van der Waals surface area contributed by atoms with Gasteiger partial charge in [-0.2, -0.15) is 0 Å². The minimum Gasteiger partial charge on any atom is -0.367 e. The molecule has 1 unspecified atom stereocenters. The van der Waals surface area contributed by atoms with Gasteiger partial charge in [0.25, 0.3) is 0 Å². The van der Waals surface area contributed by atoms with Crippen molar-refractivity contribution in [2.75, 3.05) is 18.5 Å². The molecule has 1 aromatic rings. The molecule has 1 aliphatic rings. The summed E-state index contributed by atoms with van der Waals surface area (Å²) in [4.78, 5) is 12.8. The summed E-state index contributed by atoms with van der Waals surface area (Å²) < 4.78 is 26.4. The molecule has 0 aliphatic carbocycles. The lowest BCUT2D eigenvalue weighted by molar-refractivity contribution is -0.122. The van der Waals surface area contributed by atoms with Crippen LogP contribution in [0.25, 0.3) is 0 Å². The van der Waals surface area contributed by atoms with Gasteiger partial charge in [0.15, 0.2) is 0 Å². The van der Waals surface area contributed by atoms with E-state index in [-0.39, 0.29) is 11.9 Å². The number of carbonyl (C=O) groups excluding carboxylic acids is 1. The summed E-state index contributed by atoms with van der Waals surface area (Å²) in [6.45, 7) is 0.492. The maximum Gasteiger partial charge on any atom is 0.220 e. The molecular formula is C12H14F2N2O. The van der Waals surface area contributed by atoms with E-state index in [4.69, 9.17) is 0 Å². The molecule has 3 nitrogen and oxygen atoms in total.